The maximum absolute atomic E-state index is 12.6. The molecule has 1 fully saturated rings. The molecule has 24 heavy (non-hydrogen) atoms. The number of thiophene rings is 1. The molecule has 0 atom stereocenters. The summed E-state index contributed by atoms with van der Waals surface area (Å²) in [4.78, 5) is 27.4. The van der Waals surface area contributed by atoms with Crippen molar-refractivity contribution in [2.24, 2.45) is 5.92 Å². The fourth-order valence-corrected chi connectivity index (χ4v) is 4.30. The molecule has 0 aromatic carbocycles. The largest absolute Gasteiger partial charge is 0.338 e. The molecule has 1 aromatic heterocycles. The van der Waals surface area contributed by atoms with Crippen LogP contribution in [0.25, 0.3) is 0 Å². The first-order valence-corrected chi connectivity index (χ1v) is 9.48. The average Bonchev–Trinajstić information content (AvgIpc) is 2.92. The van der Waals surface area contributed by atoms with E-state index in [1.54, 1.807) is 11.8 Å². The smallest absolute Gasteiger partial charge is 0.264 e. The number of hydrogen-bond acceptors (Lipinski definition) is 4. The molecule has 0 radical (unpaired) electrons. The van der Waals surface area contributed by atoms with Gasteiger partial charge in [-0.05, 0) is 39.2 Å². The number of carbonyl (C=O) groups is 2. The molecule has 1 heterocycles. The highest BCUT2D eigenvalue weighted by atomic mass is 32.1. The van der Waals surface area contributed by atoms with E-state index in [-0.39, 0.29) is 17.7 Å². The van der Waals surface area contributed by atoms with Crippen molar-refractivity contribution in [1.29, 1.82) is 5.26 Å². The van der Waals surface area contributed by atoms with Crippen LogP contribution in [0.5, 0.6) is 0 Å². The Morgan fingerprint density at radius 1 is 1.25 bits per heavy atom. The fraction of sp³-hybridized carbons (Fsp3) is 0.611. The van der Waals surface area contributed by atoms with Gasteiger partial charge in [0.05, 0.1) is 10.4 Å². The third-order valence-corrected chi connectivity index (χ3v) is 5.91. The number of nitrogens with one attached hydrogen (secondary N) is 1. The van der Waals surface area contributed by atoms with Gasteiger partial charge in [0.15, 0.2) is 0 Å². The van der Waals surface area contributed by atoms with Crippen LogP contribution in [0.4, 0.5) is 5.00 Å². The van der Waals surface area contributed by atoms with E-state index >= 15 is 0 Å². The average molecular weight is 347 g/mol. The van der Waals surface area contributed by atoms with E-state index in [4.69, 9.17) is 0 Å². The summed E-state index contributed by atoms with van der Waals surface area (Å²) in [6.45, 7) is 6.89. The van der Waals surface area contributed by atoms with Gasteiger partial charge in [-0.15, -0.1) is 11.3 Å². The third kappa shape index (κ3) is 3.78. The van der Waals surface area contributed by atoms with Crippen molar-refractivity contribution in [3.05, 3.63) is 16.0 Å². The zero-order valence-electron chi connectivity index (χ0n) is 14.6. The Bertz CT molecular complexity index is 650. The molecule has 0 saturated heterocycles. The van der Waals surface area contributed by atoms with Crippen molar-refractivity contribution in [3.8, 4) is 6.07 Å². The summed E-state index contributed by atoms with van der Waals surface area (Å²) in [7, 11) is 0. The van der Waals surface area contributed by atoms with E-state index in [0.29, 0.717) is 34.1 Å². The van der Waals surface area contributed by atoms with Crippen LogP contribution in [0.15, 0.2) is 0 Å². The van der Waals surface area contributed by atoms with Gasteiger partial charge in [-0.1, -0.05) is 19.3 Å². The maximum atomic E-state index is 12.6. The molecule has 6 heteroatoms. The lowest BCUT2D eigenvalue weighted by Gasteiger charge is -2.20. The lowest BCUT2D eigenvalue weighted by molar-refractivity contribution is -0.120. The second-order valence-corrected chi connectivity index (χ2v) is 7.19. The molecule has 2 rings (SSSR count). The first kappa shape index (κ1) is 18.5. The Hall–Kier alpha value is -1.87. The minimum atomic E-state index is -0.0721. The molecule has 2 amide bonds. The molecule has 1 aliphatic carbocycles. The summed E-state index contributed by atoms with van der Waals surface area (Å²) in [5, 5.41) is 12.9. The number of nitrogens with zero attached hydrogens (tertiary/aromatic N) is 2. The van der Waals surface area contributed by atoms with Crippen LogP contribution in [0.2, 0.25) is 0 Å². The van der Waals surface area contributed by atoms with Crippen LogP contribution in [0.3, 0.4) is 0 Å². The second-order valence-electron chi connectivity index (χ2n) is 6.17. The van der Waals surface area contributed by atoms with E-state index in [2.05, 4.69) is 11.4 Å². The predicted octanol–water partition coefficient (Wildman–Crippen LogP) is 3.93. The number of hydrogen-bond donors (Lipinski definition) is 1. The minimum Gasteiger partial charge on any atom is -0.338 e. The third-order valence-electron chi connectivity index (χ3n) is 4.72. The molecular weight excluding hydrogens is 322 g/mol. The van der Waals surface area contributed by atoms with Crippen molar-refractivity contribution in [3.63, 3.8) is 0 Å². The van der Waals surface area contributed by atoms with Gasteiger partial charge < -0.3 is 10.2 Å². The van der Waals surface area contributed by atoms with Crippen molar-refractivity contribution in [2.75, 3.05) is 18.4 Å². The first-order chi connectivity index (χ1) is 11.5. The molecule has 1 aliphatic rings. The van der Waals surface area contributed by atoms with Crippen molar-refractivity contribution >= 4 is 28.2 Å². The van der Waals surface area contributed by atoms with Gasteiger partial charge in [0.25, 0.3) is 5.91 Å². The van der Waals surface area contributed by atoms with Crippen LogP contribution < -0.4 is 5.32 Å². The Morgan fingerprint density at radius 3 is 2.42 bits per heavy atom. The maximum Gasteiger partial charge on any atom is 0.264 e. The highest BCUT2D eigenvalue weighted by Gasteiger charge is 2.26. The van der Waals surface area contributed by atoms with Gasteiger partial charge in [-0.25, -0.2) is 0 Å². The topological polar surface area (TPSA) is 73.2 Å². The standard InChI is InChI=1S/C18H25N3O2S/c1-4-21(5-2)18(23)15-12(3)14(11-19)17(24-15)20-16(22)13-9-7-6-8-10-13/h13H,4-10H2,1-3H3,(H,20,22). The van der Waals surface area contributed by atoms with E-state index in [9.17, 15) is 14.9 Å². The molecule has 1 aromatic rings. The number of carbonyl (C=O) groups excluding carboxylic acids is 2. The SMILES string of the molecule is CCN(CC)C(=O)c1sc(NC(=O)C2CCCCC2)c(C#N)c1C. The monoisotopic (exact) mass is 347 g/mol. The number of amides is 2. The van der Waals surface area contributed by atoms with Gasteiger partial charge in [-0.2, -0.15) is 5.26 Å². The molecule has 0 aliphatic heterocycles. The molecule has 0 unspecified atom stereocenters. The minimum absolute atomic E-state index is 0.0192. The second kappa shape index (κ2) is 8.29. The van der Waals surface area contributed by atoms with E-state index in [1.807, 2.05) is 13.8 Å². The van der Waals surface area contributed by atoms with Crippen LogP contribution in [-0.2, 0) is 4.79 Å². The number of nitriles is 1. The molecule has 5 nitrogen and oxygen atoms in total. The summed E-state index contributed by atoms with van der Waals surface area (Å²) < 4.78 is 0. The van der Waals surface area contributed by atoms with E-state index < -0.39 is 0 Å². The van der Waals surface area contributed by atoms with Crippen LogP contribution >= 0.6 is 11.3 Å². The molecule has 1 saturated carbocycles. The normalized spacial score (nSPS) is 14.9. The highest BCUT2D eigenvalue weighted by molar-refractivity contribution is 7.18. The lowest BCUT2D eigenvalue weighted by Crippen LogP contribution is -2.30. The quantitative estimate of drug-likeness (QED) is 0.877. The Morgan fingerprint density at radius 2 is 1.88 bits per heavy atom. The van der Waals surface area contributed by atoms with Crippen LogP contribution in [-0.4, -0.2) is 29.8 Å². The summed E-state index contributed by atoms with van der Waals surface area (Å²) in [5.74, 6) is -0.0684. The highest BCUT2D eigenvalue weighted by Crippen LogP contribution is 2.34. The summed E-state index contributed by atoms with van der Waals surface area (Å²) >= 11 is 1.22. The van der Waals surface area contributed by atoms with Crippen molar-refractivity contribution in [1.82, 2.24) is 4.90 Å². The van der Waals surface area contributed by atoms with Gasteiger partial charge in [-0.3, -0.25) is 9.59 Å². The first-order valence-electron chi connectivity index (χ1n) is 8.67. The zero-order valence-corrected chi connectivity index (χ0v) is 15.5. The van der Waals surface area contributed by atoms with Crippen LogP contribution in [0, 0.1) is 24.2 Å². The Kier molecular flexibility index (Phi) is 6.38. The molecule has 0 spiro atoms. The Labute approximate surface area is 147 Å². The lowest BCUT2D eigenvalue weighted by atomic mass is 9.89. The molecule has 130 valence electrons. The molecular formula is C18H25N3O2S. The van der Waals surface area contributed by atoms with Gasteiger partial charge in [0.2, 0.25) is 5.91 Å². The van der Waals surface area contributed by atoms with E-state index in [1.165, 1.54) is 17.8 Å². The summed E-state index contributed by atoms with van der Waals surface area (Å²) in [6, 6.07) is 2.15. The zero-order chi connectivity index (χ0) is 17.7. The number of rotatable bonds is 5. The van der Waals surface area contributed by atoms with E-state index in [0.717, 1.165) is 25.7 Å². The van der Waals surface area contributed by atoms with Crippen molar-refractivity contribution in [2.45, 2.75) is 52.9 Å². The van der Waals surface area contributed by atoms with Crippen LogP contribution in [0.1, 0.15) is 66.8 Å². The summed E-state index contributed by atoms with van der Waals surface area (Å²) in [6.07, 6.45) is 5.16. The predicted molar refractivity (Wildman–Crippen MR) is 96.2 cm³/mol. The molecule has 1 N–H and O–H groups in total. The Balaban J connectivity index is 2.24. The van der Waals surface area contributed by atoms with Gasteiger partial charge in [0, 0.05) is 19.0 Å². The fourth-order valence-electron chi connectivity index (χ4n) is 3.17. The number of anilines is 1. The van der Waals surface area contributed by atoms with Crippen molar-refractivity contribution < 1.29 is 9.59 Å². The molecule has 0 bridgehead atoms. The summed E-state index contributed by atoms with van der Waals surface area (Å²) in [5.41, 5.74) is 1.08. The van der Waals surface area contributed by atoms with Gasteiger partial charge in [0.1, 0.15) is 11.1 Å². The van der Waals surface area contributed by atoms with Gasteiger partial charge >= 0.3 is 0 Å².